The van der Waals surface area contributed by atoms with E-state index in [4.69, 9.17) is 11.6 Å². The molecule has 2 aromatic rings. The molecule has 0 fully saturated rings. The van der Waals surface area contributed by atoms with E-state index in [0.717, 1.165) is 0 Å². The average Bonchev–Trinajstić information content (AvgIpc) is 2.33. The highest BCUT2D eigenvalue weighted by Gasteiger charge is 2.04. The van der Waals surface area contributed by atoms with Crippen molar-refractivity contribution in [3.63, 3.8) is 0 Å². The van der Waals surface area contributed by atoms with Crippen LogP contribution in [0.1, 0.15) is 5.82 Å². The highest BCUT2D eigenvalue weighted by Crippen LogP contribution is 2.22. The molecule has 0 aliphatic heterocycles. The second kappa shape index (κ2) is 5.18. The zero-order valence-corrected chi connectivity index (χ0v) is 10.7. The summed E-state index contributed by atoms with van der Waals surface area (Å²) < 4.78 is 13.3. The van der Waals surface area contributed by atoms with Gasteiger partial charge in [0.15, 0.2) is 0 Å². The fourth-order valence-electron chi connectivity index (χ4n) is 1.48. The summed E-state index contributed by atoms with van der Waals surface area (Å²) in [4.78, 5) is 8.38. The molecule has 1 heterocycles. The molecule has 1 aromatic carbocycles. The van der Waals surface area contributed by atoms with Gasteiger partial charge < -0.3 is 10.6 Å². The zero-order chi connectivity index (χ0) is 13.1. The van der Waals surface area contributed by atoms with Crippen LogP contribution in [0.25, 0.3) is 0 Å². The third-order valence-corrected chi connectivity index (χ3v) is 2.59. The molecule has 0 atom stereocenters. The predicted octanol–water partition coefficient (Wildman–Crippen LogP) is 3.36. The second-order valence-electron chi connectivity index (χ2n) is 3.69. The van der Waals surface area contributed by atoms with Gasteiger partial charge in [-0.2, -0.15) is 0 Å². The summed E-state index contributed by atoms with van der Waals surface area (Å²) >= 11 is 5.62. The first-order valence-corrected chi connectivity index (χ1v) is 5.72. The zero-order valence-electron chi connectivity index (χ0n) is 9.96. The fourth-order valence-corrected chi connectivity index (χ4v) is 1.60. The molecule has 0 spiro atoms. The van der Waals surface area contributed by atoms with Crippen molar-refractivity contribution in [2.75, 3.05) is 17.7 Å². The number of rotatable bonds is 3. The molecular weight excluding hydrogens is 255 g/mol. The SMILES string of the molecule is CNc1cc(Nc2ccc(Cl)c(F)c2)nc(C)n1. The molecule has 0 amide bonds. The van der Waals surface area contributed by atoms with Gasteiger partial charge in [-0.25, -0.2) is 14.4 Å². The molecule has 0 radical (unpaired) electrons. The number of aromatic nitrogens is 2. The van der Waals surface area contributed by atoms with E-state index in [0.29, 0.717) is 23.1 Å². The molecule has 0 saturated heterocycles. The van der Waals surface area contributed by atoms with E-state index in [2.05, 4.69) is 20.6 Å². The Morgan fingerprint density at radius 3 is 2.56 bits per heavy atom. The third-order valence-electron chi connectivity index (χ3n) is 2.29. The molecule has 6 heteroatoms. The number of hydrogen-bond donors (Lipinski definition) is 2. The van der Waals surface area contributed by atoms with Gasteiger partial charge in [-0.15, -0.1) is 0 Å². The average molecular weight is 267 g/mol. The van der Waals surface area contributed by atoms with E-state index < -0.39 is 5.82 Å². The number of nitrogens with zero attached hydrogens (tertiary/aromatic N) is 2. The molecule has 0 aliphatic carbocycles. The molecule has 2 N–H and O–H groups in total. The number of aryl methyl sites for hydroxylation is 1. The van der Waals surface area contributed by atoms with Crippen LogP contribution in [0.3, 0.4) is 0 Å². The lowest BCUT2D eigenvalue weighted by molar-refractivity contribution is 0.629. The molecule has 4 nitrogen and oxygen atoms in total. The molecule has 18 heavy (non-hydrogen) atoms. The minimum absolute atomic E-state index is 0.0929. The van der Waals surface area contributed by atoms with Crippen LogP contribution in [0.5, 0.6) is 0 Å². The standard InChI is InChI=1S/C12H12ClFN4/c1-7-16-11(15-2)6-12(17-7)18-8-3-4-9(13)10(14)5-8/h3-6H,1-2H3,(H2,15,16,17,18). The van der Waals surface area contributed by atoms with Crippen molar-refractivity contribution < 1.29 is 4.39 Å². The van der Waals surface area contributed by atoms with Crippen LogP contribution in [0.4, 0.5) is 21.7 Å². The summed E-state index contributed by atoms with van der Waals surface area (Å²) in [5, 5.41) is 6.02. The summed E-state index contributed by atoms with van der Waals surface area (Å²) in [6, 6.07) is 6.23. The van der Waals surface area contributed by atoms with E-state index in [-0.39, 0.29) is 5.02 Å². The van der Waals surface area contributed by atoms with Crippen molar-refractivity contribution in [2.45, 2.75) is 6.92 Å². The Morgan fingerprint density at radius 2 is 1.89 bits per heavy atom. The van der Waals surface area contributed by atoms with E-state index in [9.17, 15) is 4.39 Å². The summed E-state index contributed by atoms with van der Waals surface area (Å²) in [7, 11) is 1.77. The maximum Gasteiger partial charge on any atom is 0.143 e. The molecule has 2 rings (SSSR count). The van der Waals surface area contributed by atoms with Crippen LogP contribution in [0.2, 0.25) is 5.02 Å². The number of benzene rings is 1. The van der Waals surface area contributed by atoms with Crippen molar-refractivity contribution in [1.82, 2.24) is 9.97 Å². The quantitative estimate of drug-likeness (QED) is 0.894. The minimum Gasteiger partial charge on any atom is -0.373 e. The number of hydrogen-bond acceptors (Lipinski definition) is 4. The van der Waals surface area contributed by atoms with Crippen molar-refractivity contribution in [3.8, 4) is 0 Å². The Kier molecular flexibility index (Phi) is 3.62. The lowest BCUT2D eigenvalue weighted by Crippen LogP contribution is -2.01. The van der Waals surface area contributed by atoms with E-state index >= 15 is 0 Å². The van der Waals surface area contributed by atoms with Crippen LogP contribution in [0, 0.1) is 12.7 Å². The Balaban J connectivity index is 2.27. The Morgan fingerprint density at radius 1 is 1.17 bits per heavy atom. The number of nitrogens with one attached hydrogen (secondary N) is 2. The van der Waals surface area contributed by atoms with Crippen molar-refractivity contribution in [3.05, 3.63) is 40.9 Å². The van der Waals surface area contributed by atoms with Gasteiger partial charge in [0, 0.05) is 18.8 Å². The van der Waals surface area contributed by atoms with Gasteiger partial charge in [-0.3, -0.25) is 0 Å². The Hall–Kier alpha value is -1.88. The van der Waals surface area contributed by atoms with Gasteiger partial charge in [0.2, 0.25) is 0 Å². The van der Waals surface area contributed by atoms with Crippen molar-refractivity contribution in [1.29, 1.82) is 0 Å². The van der Waals surface area contributed by atoms with Crippen LogP contribution in [-0.4, -0.2) is 17.0 Å². The maximum absolute atomic E-state index is 13.3. The van der Waals surface area contributed by atoms with Crippen molar-refractivity contribution >= 4 is 28.9 Å². The topological polar surface area (TPSA) is 49.8 Å². The summed E-state index contributed by atoms with van der Waals surface area (Å²) in [5.74, 6) is 1.44. The molecule has 0 saturated carbocycles. The summed E-state index contributed by atoms with van der Waals surface area (Å²) in [6.45, 7) is 1.79. The largest absolute Gasteiger partial charge is 0.373 e. The van der Waals surface area contributed by atoms with Gasteiger partial charge >= 0.3 is 0 Å². The van der Waals surface area contributed by atoms with Crippen LogP contribution in [0.15, 0.2) is 24.3 Å². The smallest absolute Gasteiger partial charge is 0.143 e. The fraction of sp³-hybridized carbons (Fsp3) is 0.167. The Labute approximate surface area is 109 Å². The summed E-state index contributed by atoms with van der Waals surface area (Å²) in [6.07, 6.45) is 0. The third kappa shape index (κ3) is 2.87. The molecule has 0 bridgehead atoms. The van der Waals surface area contributed by atoms with Gasteiger partial charge in [0.1, 0.15) is 23.3 Å². The van der Waals surface area contributed by atoms with Gasteiger partial charge in [0.25, 0.3) is 0 Å². The first-order valence-electron chi connectivity index (χ1n) is 5.34. The second-order valence-corrected chi connectivity index (χ2v) is 4.10. The highest BCUT2D eigenvalue weighted by molar-refractivity contribution is 6.30. The lowest BCUT2D eigenvalue weighted by Gasteiger charge is -2.08. The van der Waals surface area contributed by atoms with Crippen LogP contribution >= 0.6 is 11.6 Å². The molecular formula is C12H12ClFN4. The first-order chi connectivity index (χ1) is 8.58. The van der Waals surface area contributed by atoms with E-state index in [1.54, 1.807) is 26.1 Å². The molecule has 1 aromatic heterocycles. The number of anilines is 3. The van der Waals surface area contributed by atoms with Gasteiger partial charge in [0.05, 0.1) is 5.02 Å². The molecule has 94 valence electrons. The monoisotopic (exact) mass is 266 g/mol. The van der Waals surface area contributed by atoms with Gasteiger partial charge in [-0.1, -0.05) is 11.6 Å². The minimum atomic E-state index is -0.471. The van der Waals surface area contributed by atoms with E-state index in [1.807, 2.05) is 0 Å². The number of halogens is 2. The molecule has 0 aliphatic rings. The van der Waals surface area contributed by atoms with Gasteiger partial charge in [-0.05, 0) is 25.1 Å². The van der Waals surface area contributed by atoms with Crippen molar-refractivity contribution in [2.24, 2.45) is 0 Å². The van der Waals surface area contributed by atoms with Crippen LogP contribution < -0.4 is 10.6 Å². The normalized spacial score (nSPS) is 10.2. The predicted molar refractivity (Wildman–Crippen MR) is 71.0 cm³/mol. The maximum atomic E-state index is 13.3. The van der Waals surface area contributed by atoms with E-state index in [1.165, 1.54) is 12.1 Å². The first kappa shape index (κ1) is 12.6. The lowest BCUT2D eigenvalue weighted by atomic mass is 10.3. The van der Waals surface area contributed by atoms with Crippen LogP contribution in [-0.2, 0) is 0 Å². The Bertz CT molecular complexity index is 574. The molecule has 0 unspecified atom stereocenters. The highest BCUT2D eigenvalue weighted by atomic mass is 35.5. The summed E-state index contributed by atoms with van der Waals surface area (Å²) in [5.41, 5.74) is 0.581.